The van der Waals surface area contributed by atoms with Crippen molar-refractivity contribution >= 4 is 33.4 Å². The van der Waals surface area contributed by atoms with Crippen molar-refractivity contribution in [1.82, 2.24) is 5.43 Å². The SMILES string of the molecule is COCCN=C(NN)c1ccc(Br)cc1Cl. The van der Waals surface area contributed by atoms with Crippen molar-refractivity contribution in [2.24, 2.45) is 10.8 Å². The van der Waals surface area contributed by atoms with Crippen LogP contribution in [0.3, 0.4) is 0 Å². The van der Waals surface area contributed by atoms with Crippen molar-refractivity contribution in [2.45, 2.75) is 0 Å². The first kappa shape index (κ1) is 13.4. The summed E-state index contributed by atoms with van der Waals surface area (Å²) in [6, 6.07) is 5.52. The van der Waals surface area contributed by atoms with Gasteiger partial charge >= 0.3 is 0 Å². The van der Waals surface area contributed by atoms with E-state index >= 15 is 0 Å². The molecule has 1 aromatic carbocycles. The van der Waals surface area contributed by atoms with Gasteiger partial charge in [-0.15, -0.1) is 0 Å². The molecule has 1 aromatic rings. The third-order valence-corrected chi connectivity index (χ3v) is 2.69. The number of nitrogens with one attached hydrogen (secondary N) is 1. The van der Waals surface area contributed by atoms with Crippen LogP contribution in [0, 0.1) is 0 Å². The highest BCUT2D eigenvalue weighted by atomic mass is 79.9. The van der Waals surface area contributed by atoms with Gasteiger partial charge in [-0.2, -0.15) is 0 Å². The van der Waals surface area contributed by atoms with Crippen LogP contribution in [0.4, 0.5) is 0 Å². The lowest BCUT2D eigenvalue weighted by atomic mass is 10.2. The average Bonchev–Trinajstić information content (AvgIpc) is 2.26. The lowest BCUT2D eigenvalue weighted by molar-refractivity contribution is 0.208. The van der Waals surface area contributed by atoms with Gasteiger partial charge in [-0.3, -0.25) is 4.99 Å². The predicted octanol–water partition coefficient (Wildman–Crippen LogP) is 1.96. The minimum Gasteiger partial charge on any atom is -0.383 e. The number of hydrazine groups is 1. The first-order valence-corrected chi connectivity index (χ1v) is 5.81. The van der Waals surface area contributed by atoms with E-state index in [-0.39, 0.29) is 0 Å². The number of nitrogens with zero attached hydrogens (tertiary/aromatic N) is 1. The summed E-state index contributed by atoms with van der Waals surface area (Å²) in [7, 11) is 1.62. The fourth-order valence-corrected chi connectivity index (χ4v) is 1.90. The van der Waals surface area contributed by atoms with Gasteiger partial charge in [0.15, 0.2) is 0 Å². The monoisotopic (exact) mass is 305 g/mol. The molecule has 0 unspecified atom stereocenters. The van der Waals surface area contributed by atoms with Gasteiger partial charge in [0, 0.05) is 17.1 Å². The summed E-state index contributed by atoms with van der Waals surface area (Å²) in [5, 5.41) is 0.587. The summed E-state index contributed by atoms with van der Waals surface area (Å²) >= 11 is 9.41. The highest BCUT2D eigenvalue weighted by Crippen LogP contribution is 2.21. The first-order valence-electron chi connectivity index (χ1n) is 4.64. The van der Waals surface area contributed by atoms with E-state index in [0.717, 1.165) is 10.0 Å². The Kier molecular flexibility index (Phi) is 5.76. The van der Waals surface area contributed by atoms with Crippen molar-refractivity contribution in [1.29, 1.82) is 0 Å². The number of halogens is 2. The van der Waals surface area contributed by atoms with Gasteiger partial charge in [0.2, 0.25) is 0 Å². The van der Waals surface area contributed by atoms with Crippen LogP contribution in [0.5, 0.6) is 0 Å². The van der Waals surface area contributed by atoms with Crippen LogP contribution in [0.25, 0.3) is 0 Å². The lowest BCUT2D eigenvalue weighted by Crippen LogP contribution is -2.31. The Bertz CT molecular complexity index is 384. The summed E-state index contributed by atoms with van der Waals surface area (Å²) in [6.45, 7) is 1.07. The highest BCUT2D eigenvalue weighted by Gasteiger charge is 2.06. The molecule has 0 radical (unpaired) electrons. The van der Waals surface area contributed by atoms with Crippen LogP contribution in [0.1, 0.15) is 5.56 Å². The fraction of sp³-hybridized carbons (Fsp3) is 0.300. The van der Waals surface area contributed by atoms with Gasteiger partial charge in [0.05, 0.1) is 18.2 Å². The number of aliphatic imine (C=N–C) groups is 1. The molecular formula is C10H13BrClN3O. The Hall–Kier alpha value is -0.620. The normalized spacial score (nSPS) is 11.6. The van der Waals surface area contributed by atoms with E-state index in [0.29, 0.717) is 24.0 Å². The molecule has 3 N–H and O–H groups in total. The number of amidine groups is 1. The molecule has 0 aliphatic heterocycles. The maximum Gasteiger partial charge on any atom is 0.144 e. The number of nitrogens with two attached hydrogens (primary N) is 1. The smallest absolute Gasteiger partial charge is 0.144 e. The zero-order valence-electron chi connectivity index (χ0n) is 8.84. The molecule has 0 aromatic heterocycles. The van der Waals surface area contributed by atoms with Crippen molar-refractivity contribution in [2.75, 3.05) is 20.3 Å². The van der Waals surface area contributed by atoms with E-state index in [4.69, 9.17) is 22.2 Å². The standard InChI is InChI=1S/C10H13BrClN3O/c1-16-5-4-14-10(15-13)8-3-2-7(11)6-9(8)12/h2-3,6H,4-5,13H2,1H3,(H,14,15). The lowest BCUT2D eigenvalue weighted by Gasteiger charge is -2.08. The molecule has 0 atom stereocenters. The van der Waals surface area contributed by atoms with Gasteiger partial charge in [0.25, 0.3) is 0 Å². The Morgan fingerprint density at radius 2 is 2.38 bits per heavy atom. The number of rotatable bonds is 4. The third-order valence-electron chi connectivity index (χ3n) is 1.89. The largest absolute Gasteiger partial charge is 0.383 e. The van der Waals surface area contributed by atoms with Crippen LogP contribution in [-0.4, -0.2) is 26.1 Å². The van der Waals surface area contributed by atoms with Gasteiger partial charge < -0.3 is 10.2 Å². The van der Waals surface area contributed by atoms with Crippen LogP contribution in [0.15, 0.2) is 27.7 Å². The van der Waals surface area contributed by atoms with Gasteiger partial charge in [-0.05, 0) is 18.2 Å². The zero-order chi connectivity index (χ0) is 12.0. The summed E-state index contributed by atoms with van der Waals surface area (Å²) in [6.07, 6.45) is 0. The molecule has 0 fully saturated rings. The zero-order valence-corrected chi connectivity index (χ0v) is 11.2. The van der Waals surface area contributed by atoms with E-state index < -0.39 is 0 Å². The summed E-state index contributed by atoms with van der Waals surface area (Å²) in [4.78, 5) is 4.25. The molecule has 0 amide bonds. The molecule has 16 heavy (non-hydrogen) atoms. The maximum atomic E-state index is 6.08. The number of benzene rings is 1. The van der Waals surface area contributed by atoms with E-state index in [2.05, 4.69) is 26.3 Å². The summed E-state index contributed by atoms with van der Waals surface area (Å²) in [5.41, 5.74) is 3.30. The molecule has 88 valence electrons. The van der Waals surface area contributed by atoms with Crippen LogP contribution in [0.2, 0.25) is 5.02 Å². The number of hydrogen-bond acceptors (Lipinski definition) is 3. The van der Waals surface area contributed by atoms with E-state index in [1.807, 2.05) is 12.1 Å². The average molecular weight is 307 g/mol. The number of hydrogen-bond donors (Lipinski definition) is 2. The van der Waals surface area contributed by atoms with Crippen LogP contribution in [-0.2, 0) is 4.74 Å². The molecule has 6 heteroatoms. The molecule has 0 heterocycles. The Morgan fingerprint density at radius 3 is 2.94 bits per heavy atom. The Balaban J connectivity index is 2.90. The van der Waals surface area contributed by atoms with Gasteiger partial charge in [0.1, 0.15) is 5.84 Å². The second-order valence-electron chi connectivity index (χ2n) is 2.99. The van der Waals surface area contributed by atoms with Crippen LogP contribution >= 0.6 is 27.5 Å². The second-order valence-corrected chi connectivity index (χ2v) is 4.31. The molecule has 0 aliphatic rings. The molecule has 0 saturated carbocycles. The summed E-state index contributed by atoms with van der Waals surface area (Å²) < 4.78 is 5.82. The molecular weight excluding hydrogens is 293 g/mol. The molecule has 1 rings (SSSR count). The van der Waals surface area contributed by atoms with Crippen molar-refractivity contribution in [3.05, 3.63) is 33.3 Å². The third kappa shape index (κ3) is 3.75. The van der Waals surface area contributed by atoms with Crippen molar-refractivity contribution in [3.8, 4) is 0 Å². The summed E-state index contributed by atoms with van der Waals surface area (Å²) in [5.74, 6) is 5.95. The predicted molar refractivity (Wildman–Crippen MR) is 69.8 cm³/mol. The Morgan fingerprint density at radius 1 is 1.62 bits per heavy atom. The van der Waals surface area contributed by atoms with E-state index in [9.17, 15) is 0 Å². The van der Waals surface area contributed by atoms with Gasteiger partial charge in [-0.1, -0.05) is 27.5 Å². The quantitative estimate of drug-likeness (QED) is 0.294. The second kappa shape index (κ2) is 6.85. The first-order chi connectivity index (χ1) is 7.69. The molecule has 4 nitrogen and oxygen atoms in total. The van der Waals surface area contributed by atoms with Gasteiger partial charge in [-0.25, -0.2) is 5.84 Å². The minimum atomic E-state index is 0.530. The number of methoxy groups -OCH3 is 1. The topological polar surface area (TPSA) is 59.6 Å². The van der Waals surface area contributed by atoms with Crippen molar-refractivity contribution in [3.63, 3.8) is 0 Å². The number of ether oxygens (including phenoxy) is 1. The fourth-order valence-electron chi connectivity index (χ4n) is 1.14. The highest BCUT2D eigenvalue weighted by molar-refractivity contribution is 9.10. The Labute approximate surface area is 108 Å². The molecule has 0 bridgehead atoms. The van der Waals surface area contributed by atoms with Crippen molar-refractivity contribution < 1.29 is 4.74 Å². The van der Waals surface area contributed by atoms with E-state index in [1.165, 1.54) is 0 Å². The molecule has 0 spiro atoms. The maximum absolute atomic E-state index is 6.08. The van der Waals surface area contributed by atoms with E-state index in [1.54, 1.807) is 13.2 Å². The molecule has 0 saturated heterocycles. The van der Waals surface area contributed by atoms with Crippen LogP contribution < -0.4 is 11.3 Å². The molecule has 0 aliphatic carbocycles. The minimum absolute atomic E-state index is 0.530.